The fourth-order valence-electron chi connectivity index (χ4n) is 1.69. The number of imidazole rings is 1. The molecule has 5 nitrogen and oxygen atoms in total. The van der Waals surface area contributed by atoms with Gasteiger partial charge in [-0.05, 0) is 13.1 Å². The van der Waals surface area contributed by atoms with Gasteiger partial charge in [-0.2, -0.15) is 0 Å². The van der Waals surface area contributed by atoms with Crippen LogP contribution in [-0.4, -0.2) is 27.7 Å². The van der Waals surface area contributed by atoms with Crippen molar-refractivity contribution in [1.29, 1.82) is 0 Å². The van der Waals surface area contributed by atoms with Crippen molar-refractivity contribution in [1.82, 2.24) is 19.4 Å². The molecular weight excluding hydrogens is 192 g/mol. The number of hydrogen-bond donors (Lipinski definition) is 1. The average molecular weight is 206 g/mol. The first-order chi connectivity index (χ1) is 7.25. The summed E-state index contributed by atoms with van der Waals surface area (Å²) in [6.45, 7) is 1.46. The third-order valence-corrected chi connectivity index (χ3v) is 2.53. The highest BCUT2D eigenvalue weighted by Gasteiger charge is 2.08. The van der Waals surface area contributed by atoms with E-state index in [-0.39, 0.29) is 5.69 Å². The Hall–Kier alpha value is -1.62. The maximum atomic E-state index is 11.9. The lowest BCUT2D eigenvalue weighted by atomic mass is 10.4. The molecule has 0 aliphatic heterocycles. The molecule has 1 N–H and O–H groups in total. The fraction of sp³-hybridized carbons (Fsp3) is 0.400. The Morgan fingerprint density at radius 2 is 2.27 bits per heavy atom. The summed E-state index contributed by atoms with van der Waals surface area (Å²) in [4.78, 5) is 15.9. The highest BCUT2D eigenvalue weighted by molar-refractivity contribution is 5.74. The normalized spacial score (nSPS) is 11.1. The number of nitrogens with one attached hydrogen (secondary N) is 1. The molecule has 0 aromatic carbocycles. The topological polar surface area (TPSA) is 51.9 Å². The zero-order chi connectivity index (χ0) is 10.8. The van der Waals surface area contributed by atoms with Gasteiger partial charge < -0.3 is 5.32 Å². The Labute approximate surface area is 87.4 Å². The van der Waals surface area contributed by atoms with E-state index >= 15 is 0 Å². The van der Waals surface area contributed by atoms with Gasteiger partial charge in [0.25, 0.3) is 0 Å². The van der Waals surface area contributed by atoms with Gasteiger partial charge in [-0.15, -0.1) is 0 Å². The first-order valence-electron chi connectivity index (χ1n) is 4.89. The minimum Gasteiger partial charge on any atom is -0.318 e. The summed E-state index contributed by atoms with van der Waals surface area (Å²) >= 11 is 0. The smallest absolute Gasteiger partial charge is 0.318 e. The standard InChI is InChI=1S/C10H14N4O/c1-11-5-6-14-8-3-4-12-7-9(8)13(2)10(14)15/h3-4,7,11H,5-6H2,1-2H3. The highest BCUT2D eigenvalue weighted by Crippen LogP contribution is 2.08. The fourth-order valence-corrected chi connectivity index (χ4v) is 1.69. The zero-order valence-electron chi connectivity index (χ0n) is 8.90. The van der Waals surface area contributed by atoms with Crippen LogP contribution in [-0.2, 0) is 13.6 Å². The van der Waals surface area contributed by atoms with Crippen LogP contribution < -0.4 is 11.0 Å². The van der Waals surface area contributed by atoms with E-state index in [1.165, 1.54) is 0 Å². The van der Waals surface area contributed by atoms with Gasteiger partial charge in [0.1, 0.15) is 0 Å². The minimum atomic E-state index is 0.00764. The molecule has 0 aliphatic rings. The first kappa shape index (κ1) is 9.92. The summed E-state index contributed by atoms with van der Waals surface area (Å²) < 4.78 is 3.38. The molecule has 15 heavy (non-hydrogen) atoms. The number of pyridine rings is 1. The van der Waals surface area contributed by atoms with Crippen molar-refractivity contribution >= 4 is 11.0 Å². The van der Waals surface area contributed by atoms with Crippen molar-refractivity contribution in [3.8, 4) is 0 Å². The van der Waals surface area contributed by atoms with E-state index in [1.807, 2.05) is 13.1 Å². The molecule has 0 radical (unpaired) electrons. The van der Waals surface area contributed by atoms with Gasteiger partial charge in [-0.25, -0.2) is 4.79 Å². The molecule has 2 aromatic heterocycles. The molecule has 2 heterocycles. The van der Waals surface area contributed by atoms with Gasteiger partial charge in [0.05, 0.1) is 17.2 Å². The maximum absolute atomic E-state index is 11.9. The predicted octanol–water partition coefficient (Wildman–Crippen LogP) is -0.0456. The van der Waals surface area contributed by atoms with Gasteiger partial charge in [0, 0.05) is 26.3 Å². The van der Waals surface area contributed by atoms with Crippen molar-refractivity contribution < 1.29 is 0 Å². The largest absolute Gasteiger partial charge is 0.328 e. The molecule has 2 aromatic rings. The van der Waals surface area contributed by atoms with E-state index in [9.17, 15) is 4.79 Å². The third-order valence-electron chi connectivity index (χ3n) is 2.53. The molecule has 0 amide bonds. The molecule has 0 unspecified atom stereocenters. The van der Waals surface area contributed by atoms with Gasteiger partial charge in [-0.3, -0.25) is 14.1 Å². The Bertz CT molecular complexity index is 526. The quantitative estimate of drug-likeness (QED) is 0.766. The molecule has 2 rings (SSSR count). The summed E-state index contributed by atoms with van der Waals surface area (Å²) in [5, 5.41) is 3.03. The molecule has 0 bridgehead atoms. The van der Waals surface area contributed by atoms with Crippen molar-refractivity contribution in [3.05, 3.63) is 28.9 Å². The van der Waals surface area contributed by atoms with Crippen molar-refractivity contribution in [2.24, 2.45) is 7.05 Å². The second-order valence-corrected chi connectivity index (χ2v) is 3.46. The number of fused-ring (bicyclic) bond motifs is 1. The van der Waals surface area contributed by atoms with Gasteiger partial charge >= 0.3 is 5.69 Å². The molecule has 80 valence electrons. The summed E-state index contributed by atoms with van der Waals surface area (Å²) in [5.74, 6) is 0. The third kappa shape index (κ3) is 1.55. The van der Waals surface area contributed by atoms with Crippen molar-refractivity contribution in [2.75, 3.05) is 13.6 Å². The SMILES string of the molecule is CNCCn1c(=O)n(C)c2cnccc21. The number of rotatable bonds is 3. The van der Waals surface area contributed by atoms with E-state index in [1.54, 1.807) is 28.6 Å². The van der Waals surface area contributed by atoms with E-state index in [2.05, 4.69) is 10.3 Å². The van der Waals surface area contributed by atoms with E-state index in [0.29, 0.717) is 6.54 Å². The van der Waals surface area contributed by atoms with Crippen LogP contribution in [0.2, 0.25) is 0 Å². The molecule has 0 spiro atoms. The minimum absolute atomic E-state index is 0.00764. The molecule has 0 atom stereocenters. The van der Waals surface area contributed by atoms with Gasteiger partial charge in [-0.1, -0.05) is 0 Å². The lowest BCUT2D eigenvalue weighted by molar-refractivity contribution is 0.627. The summed E-state index contributed by atoms with van der Waals surface area (Å²) in [7, 11) is 3.64. The predicted molar refractivity (Wildman–Crippen MR) is 58.9 cm³/mol. The van der Waals surface area contributed by atoms with Crippen molar-refractivity contribution in [2.45, 2.75) is 6.54 Å². The van der Waals surface area contributed by atoms with Crippen LogP contribution in [0.3, 0.4) is 0 Å². The van der Waals surface area contributed by atoms with E-state index in [4.69, 9.17) is 0 Å². The van der Waals surface area contributed by atoms with Gasteiger partial charge in [0.2, 0.25) is 0 Å². The highest BCUT2D eigenvalue weighted by atomic mass is 16.1. The van der Waals surface area contributed by atoms with Crippen molar-refractivity contribution in [3.63, 3.8) is 0 Å². The molecule has 0 saturated carbocycles. The number of aromatic nitrogens is 3. The number of likely N-dealkylation sites (N-methyl/N-ethyl adjacent to an activating group) is 1. The maximum Gasteiger partial charge on any atom is 0.328 e. The Morgan fingerprint density at radius 3 is 3.00 bits per heavy atom. The monoisotopic (exact) mass is 206 g/mol. The van der Waals surface area contributed by atoms with Crippen LogP contribution in [0.4, 0.5) is 0 Å². The van der Waals surface area contributed by atoms with Crippen LogP contribution >= 0.6 is 0 Å². The summed E-state index contributed by atoms with van der Waals surface area (Å²) in [5.41, 5.74) is 1.82. The summed E-state index contributed by atoms with van der Waals surface area (Å²) in [6, 6.07) is 1.87. The van der Waals surface area contributed by atoms with Crippen LogP contribution in [0.15, 0.2) is 23.3 Å². The molecule has 0 fully saturated rings. The van der Waals surface area contributed by atoms with Crippen LogP contribution in [0.1, 0.15) is 0 Å². The second-order valence-electron chi connectivity index (χ2n) is 3.46. The van der Waals surface area contributed by atoms with E-state index in [0.717, 1.165) is 17.6 Å². The lowest BCUT2D eigenvalue weighted by Gasteiger charge is -2.01. The Balaban J connectivity index is 2.62. The molecule has 0 saturated heterocycles. The van der Waals surface area contributed by atoms with Crippen LogP contribution in [0, 0.1) is 0 Å². The Kier molecular flexibility index (Phi) is 2.55. The molecular formula is C10H14N4O. The molecule has 5 heteroatoms. The molecule has 0 aliphatic carbocycles. The first-order valence-corrected chi connectivity index (χ1v) is 4.89. The number of nitrogens with zero attached hydrogens (tertiary/aromatic N) is 3. The second kappa shape index (κ2) is 3.86. The van der Waals surface area contributed by atoms with Crippen LogP contribution in [0.5, 0.6) is 0 Å². The zero-order valence-corrected chi connectivity index (χ0v) is 8.90. The average Bonchev–Trinajstić information content (AvgIpc) is 2.51. The summed E-state index contributed by atoms with van der Waals surface area (Å²) in [6.07, 6.45) is 3.42. The number of hydrogen-bond acceptors (Lipinski definition) is 3. The van der Waals surface area contributed by atoms with Crippen LogP contribution in [0.25, 0.3) is 11.0 Å². The number of aryl methyl sites for hydroxylation is 1. The lowest BCUT2D eigenvalue weighted by Crippen LogP contribution is -2.26. The van der Waals surface area contributed by atoms with Gasteiger partial charge in [0.15, 0.2) is 0 Å². The Morgan fingerprint density at radius 1 is 1.47 bits per heavy atom. The van der Waals surface area contributed by atoms with E-state index < -0.39 is 0 Å².